The van der Waals surface area contributed by atoms with Crippen molar-refractivity contribution in [2.24, 2.45) is 5.41 Å². The van der Waals surface area contributed by atoms with E-state index < -0.39 is 0 Å². The number of benzene rings is 1. The average Bonchev–Trinajstić information content (AvgIpc) is 2.34. The molecule has 0 aliphatic carbocycles. The highest BCUT2D eigenvalue weighted by Gasteiger charge is 2.16. The van der Waals surface area contributed by atoms with Gasteiger partial charge in [-0.2, -0.15) is 0 Å². The average molecular weight is 247 g/mol. The summed E-state index contributed by atoms with van der Waals surface area (Å²) in [4.78, 5) is 0. The molecule has 0 radical (unpaired) electrons. The summed E-state index contributed by atoms with van der Waals surface area (Å²) in [6.45, 7) is 11.4. The van der Waals surface area contributed by atoms with E-state index in [-0.39, 0.29) is 0 Å². The number of rotatable bonds is 8. The Bertz CT molecular complexity index is 324. The topological polar surface area (TPSA) is 12.0 Å². The van der Waals surface area contributed by atoms with Crippen molar-refractivity contribution in [3.8, 4) is 0 Å². The molecule has 0 saturated carbocycles. The third kappa shape index (κ3) is 6.20. The molecule has 1 nitrogen and oxygen atoms in total. The van der Waals surface area contributed by atoms with E-state index in [0.717, 1.165) is 13.1 Å². The third-order valence-electron chi connectivity index (χ3n) is 3.62. The fraction of sp³-hybridized carbons (Fsp3) is 0.647. The van der Waals surface area contributed by atoms with E-state index >= 15 is 0 Å². The molecule has 1 aromatic rings. The molecule has 0 fully saturated rings. The van der Waals surface area contributed by atoms with Crippen LogP contribution in [-0.4, -0.2) is 13.1 Å². The predicted octanol–water partition coefficient (Wildman–Crippen LogP) is 4.34. The molecule has 1 N–H and O–H groups in total. The van der Waals surface area contributed by atoms with Crippen molar-refractivity contribution in [1.29, 1.82) is 0 Å². The first-order valence-electron chi connectivity index (χ1n) is 7.30. The lowest BCUT2D eigenvalue weighted by Gasteiger charge is -2.24. The number of hydrogen-bond donors (Lipinski definition) is 1. The van der Waals surface area contributed by atoms with Gasteiger partial charge in [-0.3, -0.25) is 0 Å². The molecule has 0 heterocycles. The number of nitrogens with one attached hydrogen (secondary N) is 1. The van der Waals surface area contributed by atoms with Crippen molar-refractivity contribution >= 4 is 0 Å². The van der Waals surface area contributed by atoms with Crippen LogP contribution >= 0.6 is 0 Å². The molecular formula is C17H29N. The quantitative estimate of drug-likeness (QED) is 0.674. The summed E-state index contributed by atoms with van der Waals surface area (Å²) in [6, 6.07) is 8.96. The Morgan fingerprint density at radius 3 is 2.28 bits per heavy atom. The minimum atomic E-state index is 0.436. The smallest absolute Gasteiger partial charge is 0.00438 e. The number of hydrogen-bond acceptors (Lipinski definition) is 1. The molecule has 0 amide bonds. The van der Waals surface area contributed by atoms with Gasteiger partial charge >= 0.3 is 0 Å². The molecule has 0 aromatic heterocycles. The largest absolute Gasteiger partial charge is 0.317 e. The lowest BCUT2D eigenvalue weighted by molar-refractivity contribution is 0.302. The van der Waals surface area contributed by atoms with E-state index in [2.05, 4.69) is 57.3 Å². The second kappa shape index (κ2) is 7.58. The zero-order valence-electron chi connectivity index (χ0n) is 12.6. The van der Waals surface area contributed by atoms with Gasteiger partial charge in [-0.05, 0) is 56.7 Å². The van der Waals surface area contributed by atoms with Gasteiger partial charge < -0.3 is 5.32 Å². The van der Waals surface area contributed by atoms with Crippen LogP contribution in [0.2, 0.25) is 0 Å². The molecular weight excluding hydrogens is 218 g/mol. The minimum absolute atomic E-state index is 0.436. The zero-order chi connectivity index (χ0) is 13.4. The Labute approximate surface area is 113 Å². The maximum atomic E-state index is 3.50. The van der Waals surface area contributed by atoms with Crippen LogP contribution in [-0.2, 0) is 6.42 Å². The van der Waals surface area contributed by atoms with Gasteiger partial charge in [-0.1, -0.05) is 50.6 Å². The lowest BCUT2D eigenvalue weighted by Crippen LogP contribution is -2.23. The van der Waals surface area contributed by atoms with Crippen LogP contribution in [0.4, 0.5) is 0 Å². The highest BCUT2D eigenvalue weighted by atomic mass is 14.8. The fourth-order valence-corrected chi connectivity index (χ4v) is 2.09. The van der Waals surface area contributed by atoms with Crippen LogP contribution in [0.5, 0.6) is 0 Å². The van der Waals surface area contributed by atoms with Gasteiger partial charge in [0.05, 0.1) is 0 Å². The van der Waals surface area contributed by atoms with Gasteiger partial charge in [0.1, 0.15) is 0 Å². The van der Waals surface area contributed by atoms with E-state index in [1.54, 1.807) is 0 Å². The van der Waals surface area contributed by atoms with Gasteiger partial charge in [0, 0.05) is 0 Å². The van der Waals surface area contributed by atoms with Crippen molar-refractivity contribution in [1.82, 2.24) is 5.32 Å². The standard InChI is InChI=1S/C17H29N/c1-5-13-18-14-12-17(3,4)11-10-16-8-6-15(2)7-9-16/h6-9,18H,5,10-14H2,1-4H3. The molecule has 102 valence electrons. The van der Waals surface area contributed by atoms with Crippen molar-refractivity contribution in [3.63, 3.8) is 0 Å². The summed E-state index contributed by atoms with van der Waals surface area (Å²) >= 11 is 0. The van der Waals surface area contributed by atoms with Crippen LogP contribution in [0.1, 0.15) is 51.2 Å². The van der Waals surface area contributed by atoms with Gasteiger partial charge in [0.15, 0.2) is 0 Å². The molecule has 1 heteroatoms. The van der Waals surface area contributed by atoms with Crippen LogP contribution in [0, 0.1) is 12.3 Å². The highest BCUT2D eigenvalue weighted by Crippen LogP contribution is 2.26. The van der Waals surface area contributed by atoms with Crippen molar-refractivity contribution < 1.29 is 0 Å². The Morgan fingerprint density at radius 2 is 1.67 bits per heavy atom. The molecule has 18 heavy (non-hydrogen) atoms. The third-order valence-corrected chi connectivity index (χ3v) is 3.62. The lowest BCUT2D eigenvalue weighted by atomic mass is 9.83. The second-order valence-corrected chi connectivity index (χ2v) is 6.15. The van der Waals surface area contributed by atoms with Gasteiger partial charge in [-0.15, -0.1) is 0 Å². The summed E-state index contributed by atoms with van der Waals surface area (Å²) < 4.78 is 0. The van der Waals surface area contributed by atoms with Gasteiger partial charge in [0.25, 0.3) is 0 Å². The highest BCUT2D eigenvalue weighted by molar-refractivity contribution is 5.21. The molecule has 0 atom stereocenters. The zero-order valence-corrected chi connectivity index (χ0v) is 12.6. The van der Waals surface area contributed by atoms with E-state index in [1.165, 1.54) is 36.8 Å². The van der Waals surface area contributed by atoms with Crippen molar-refractivity contribution in [3.05, 3.63) is 35.4 Å². The summed E-state index contributed by atoms with van der Waals surface area (Å²) in [5.74, 6) is 0. The Hall–Kier alpha value is -0.820. The van der Waals surface area contributed by atoms with E-state index in [1.807, 2.05) is 0 Å². The normalized spacial score (nSPS) is 11.8. The summed E-state index contributed by atoms with van der Waals surface area (Å²) in [5.41, 5.74) is 3.25. The Balaban J connectivity index is 2.29. The Morgan fingerprint density at radius 1 is 1.00 bits per heavy atom. The minimum Gasteiger partial charge on any atom is -0.317 e. The Kier molecular flexibility index (Phi) is 6.42. The summed E-state index contributed by atoms with van der Waals surface area (Å²) in [6.07, 6.45) is 4.95. The molecule has 0 saturated heterocycles. The molecule has 0 unspecified atom stereocenters. The van der Waals surface area contributed by atoms with E-state index in [9.17, 15) is 0 Å². The predicted molar refractivity (Wildman–Crippen MR) is 81.1 cm³/mol. The van der Waals surface area contributed by atoms with Crippen LogP contribution in [0.25, 0.3) is 0 Å². The van der Waals surface area contributed by atoms with Crippen LogP contribution in [0.15, 0.2) is 24.3 Å². The van der Waals surface area contributed by atoms with E-state index in [4.69, 9.17) is 0 Å². The molecule has 0 bridgehead atoms. The summed E-state index contributed by atoms with van der Waals surface area (Å²) in [7, 11) is 0. The molecule has 1 aromatic carbocycles. The summed E-state index contributed by atoms with van der Waals surface area (Å²) in [5, 5.41) is 3.50. The maximum absolute atomic E-state index is 3.50. The molecule has 0 spiro atoms. The van der Waals surface area contributed by atoms with Crippen molar-refractivity contribution in [2.75, 3.05) is 13.1 Å². The SMILES string of the molecule is CCCNCCC(C)(C)CCc1ccc(C)cc1. The number of aryl methyl sites for hydroxylation is 2. The van der Waals surface area contributed by atoms with Gasteiger partial charge in [-0.25, -0.2) is 0 Å². The van der Waals surface area contributed by atoms with Crippen LogP contribution < -0.4 is 5.32 Å². The maximum Gasteiger partial charge on any atom is -0.00438 e. The first-order chi connectivity index (χ1) is 8.53. The molecule has 0 aliphatic rings. The first-order valence-corrected chi connectivity index (χ1v) is 7.30. The molecule has 0 aliphatic heterocycles. The monoisotopic (exact) mass is 247 g/mol. The second-order valence-electron chi connectivity index (χ2n) is 6.15. The van der Waals surface area contributed by atoms with E-state index in [0.29, 0.717) is 5.41 Å². The van der Waals surface area contributed by atoms with Crippen molar-refractivity contribution in [2.45, 2.75) is 53.4 Å². The first kappa shape index (κ1) is 15.2. The molecule has 1 rings (SSSR count). The fourth-order valence-electron chi connectivity index (χ4n) is 2.09. The van der Waals surface area contributed by atoms with Crippen LogP contribution in [0.3, 0.4) is 0 Å². The van der Waals surface area contributed by atoms with Gasteiger partial charge in [0.2, 0.25) is 0 Å².